The fourth-order valence-corrected chi connectivity index (χ4v) is 3.00. The first-order chi connectivity index (χ1) is 11.9. The first kappa shape index (κ1) is 17.2. The fraction of sp³-hybridized carbons (Fsp3) is 0.389. The van der Waals surface area contributed by atoms with E-state index in [4.69, 9.17) is 9.84 Å². The Hall–Kier alpha value is -2.67. The van der Waals surface area contributed by atoms with Crippen molar-refractivity contribution in [3.63, 3.8) is 0 Å². The topological polar surface area (TPSA) is 84.7 Å². The third kappa shape index (κ3) is 3.71. The highest BCUT2D eigenvalue weighted by atomic mass is 16.5. The van der Waals surface area contributed by atoms with Crippen molar-refractivity contribution in [1.29, 1.82) is 0 Å². The van der Waals surface area contributed by atoms with Crippen LogP contribution in [0.2, 0.25) is 0 Å². The summed E-state index contributed by atoms with van der Waals surface area (Å²) in [6.07, 6.45) is 3.90. The van der Waals surface area contributed by atoms with Gasteiger partial charge in [-0.2, -0.15) is 5.10 Å². The van der Waals surface area contributed by atoms with Crippen molar-refractivity contribution >= 4 is 11.9 Å². The maximum absolute atomic E-state index is 12.6. The molecule has 0 saturated carbocycles. The molecule has 1 aromatic heterocycles. The van der Waals surface area contributed by atoms with Crippen LogP contribution in [0.15, 0.2) is 36.7 Å². The van der Waals surface area contributed by atoms with Crippen molar-refractivity contribution in [1.82, 2.24) is 14.7 Å². The van der Waals surface area contributed by atoms with Gasteiger partial charge in [-0.05, 0) is 24.6 Å². The average molecular weight is 343 g/mol. The highest BCUT2D eigenvalue weighted by Crippen LogP contribution is 2.29. The lowest BCUT2D eigenvalue weighted by molar-refractivity contribution is -0.149. The minimum absolute atomic E-state index is 0.00138. The number of ether oxygens (including phenoxy) is 1. The largest absolute Gasteiger partial charge is 0.478 e. The molecule has 7 heteroatoms. The Morgan fingerprint density at radius 2 is 2.04 bits per heavy atom. The SMILES string of the molecule is Cn1cc(C2(C)CN(C(=O)Cc3ccc(C(=O)O)cc3)CCO2)cn1. The van der Waals surface area contributed by atoms with E-state index in [0.29, 0.717) is 19.7 Å². The third-order valence-corrected chi connectivity index (χ3v) is 4.50. The zero-order valence-electron chi connectivity index (χ0n) is 14.3. The molecule has 25 heavy (non-hydrogen) atoms. The van der Waals surface area contributed by atoms with Gasteiger partial charge in [0.25, 0.3) is 0 Å². The van der Waals surface area contributed by atoms with Crippen LogP contribution < -0.4 is 0 Å². The number of aromatic carboxylic acids is 1. The maximum Gasteiger partial charge on any atom is 0.335 e. The summed E-state index contributed by atoms with van der Waals surface area (Å²) in [5.41, 5.74) is 1.38. The monoisotopic (exact) mass is 343 g/mol. The van der Waals surface area contributed by atoms with Crippen LogP contribution in [-0.4, -0.2) is 51.4 Å². The number of hydrogen-bond donors (Lipinski definition) is 1. The number of carbonyl (C=O) groups excluding carboxylic acids is 1. The van der Waals surface area contributed by atoms with Crippen LogP contribution in [0.5, 0.6) is 0 Å². The van der Waals surface area contributed by atoms with E-state index in [0.717, 1.165) is 11.1 Å². The summed E-state index contributed by atoms with van der Waals surface area (Å²) in [6.45, 7) is 3.44. The summed E-state index contributed by atoms with van der Waals surface area (Å²) in [4.78, 5) is 25.3. The van der Waals surface area contributed by atoms with Gasteiger partial charge in [-0.15, -0.1) is 0 Å². The van der Waals surface area contributed by atoms with E-state index in [1.807, 2.05) is 20.2 Å². The number of rotatable bonds is 4. The fourth-order valence-electron chi connectivity index (χ4n) is 3.00. The maximum atomic E-state index is 12.6. The molecule has 1 aromatic carbocycles. The molecule has 132 valence electrons. The van der Waals surface area contributed by atoms with Gasteiger partial charge in [0.1, 0.15) is 5.60 Å². The van der Waals surface area contributed by atoms with Crippen LogP contribution in [0, 0.1) is 0 Å². The summed E-state index contributed by atoms with van der Waals surface area (Å²) in [5.74, 6) is -0.972. The Balaban J connectivity index is 1.68. The van der Waals surface area contributed by atoms with Crippen molar-refractivity contribution in [3.05, 3.63) is 53.3 Å². The molecule has 1 aliphatic rings. The van der Waals surface area contributed by atoms with Gasteiger partial charge in [0.2, 0.25) is 5.91 Å². The number of nitrogens with zero attached hydrogens (tertiary/aromatic N) is 3. The summed E-state index contributed by atoms with van der Waals surface area (Å²) < 4.78 is 7.64. The number of aromatic nitrogens is 2. The summed E-state index contributed by atoms with van der Waals surface area (Å²) >= 11 is 0. The quantitative estimate of drug-likeness (QED) is 0.908. The van der Waals surface area contributed by atoms with Crippen LogP contribution in [-0.2, 0) is 28.6 Å². The second kappa shape index (κ2) is 6.68. The molecule has 1 atom stereocenters. The van der Waals surface area contributed by atoms with Gasteiger partial charge in [0, 0.05) is 25.4 Å². The molecule has 1 amide bonds. The van der Waals surface area contributed by atoms with Crippen molar-refractivity contribution < 1.29 is 19.4 Å². The zero-order chi connectivity index (χ0) is 18.0. The van der Waals surface area contributed by atoms with Crippen LogP contribution >= 0.6 is 0 Å². The molecular formula is C18H21N3O4. The Morgan fingerprint density at radius 1 is 1.32 bits per heavy atom. The van der Waals surface area contributed by atoms with Crippen molar-refractivity contribution in [3.8, 4) is 0 Å². The number of aryl methyl sites for hydroxylation is 1. The normalized spacial score (nSPS) is 20.5. The summed E-state index contributed by atoms with van der Waals surface area (Å²) in [6, 6.07) is 6.40. The standard InChI is InChI=1S/C18H21N3O4/c1-18(15-10-19-20(2)11-15)12-21(7-8-25-18)16(22)9-13-3-5-14(6-4-13)17(23)24/h3-6,10-11H,7-9,12H2,1-2H3,(H,23,24). The van der Waals surface area contributed by atoms with Gasteiger partial charge >= 0.3 is 5.97 Å². The Labute approximate surface area is 145 Å². The predicted molar refractivity (Wildman–Crippen MR) is 90.2 cm³/mol. The van der Waals surface area contributed by atoms with E-state index >= 15 is 0 Å². The van der Waals surface area contributed by atoms with Gasteiger partial charge in [0.05, 0.1) is 31.3 Å². The van der Waals surface area contributed by atoms with Crippen LogP contribution in [0.3, 0.4) is 0 Å². The Morgan fingerprint density at radius 3 is 2.64 bits per heavy atom. The van der Waals surface area contributed by atoms with E-state index in [-0.39, 0.29) is 17.9 Å². The van der Waals surface area contributed by atoms with E-state index in [1.165, 1.54) is 12.1 Å². The minimum Gasteiger partial charge on any atom is -0.478 e. The smallest absolute Gasteiger partial charge is 0.335 e. The van der Waals surface area contributed by atoms with Crippen molar-refractivity contribution in [2.75, 3.05) is 19.7 Å². The molecular weight excluding hydrogens is 322 g/mol. The van der Waals surface area contributed by atoms with Crippen LogP contribution in [0.25, 0.3) is 0 Å². The molecule has 3 rings (SSSR count). The van der Waals surface area contributed by atoms with Gasteiger partial charge in [-0.1, -0.05) is 12.1 Å². The molecule has 0 radical (unpaired) electrons. The molecule has 1 unspecified atom stereocenters. The van der Waals surface area contributed by atoms with Gasteiger partial charge in [-0.25, -0.2) is 4.79 Å². The molecule has 1 saturated heterocycles. The highest BCUT2D eigenvalue weighted by molar-refractivity contribution is 5.87. The number of benzene rings is 1. The zero-order valence-corrected chi connectivity index (χ0v) is 14.3. The summed E-state index contributed by atoms with van der Waals surface area (Å²) in [7, 11) is 1.85. The van der Waals surface area contributed by atoms with Crippen LogP contribution in [0.4, 0.5) is 0 Å². The van der Waals surface area contributed by atoms with Crippen LogP contribution in [0.1, 0.15) is 28.4 Å². The van der Waals surface area contributed by atoms with Gasteiger partial charge < -0.3 is 14.7 Å². The molecule has 0 bridgehead atoms. The predicted octanol–water partition coefficient (Wildman–Crippen LogP) is 1.44. The number of carbonyl (C=O) groups is 2. The number of morpholine rings is 1. The lowest BCUT2D eigenvalue weighted by Gasteiger charge is -2.40. The van der Waals surface area contributed by atoms with E-state index in [1.54, 1.807) is 27.9 Å². The lowest BCUT2D eigenvalue weighted by Crippen LogP contribution is -2.50. The molecule has 1 aliphatic heterocycles. The molecule has 2 aromatic rings. The van der Waals surface area contributed by atoms with E-state index in [9.17, 15) is 9.59 Å². The molecule has 1 N–H and O–H groups in total. The highest BCUT2D eigenvalue weighted by Gasteiger charge is 2.36. The number of carboxylic acid groups (broad SMARTS) is 1. The van der Waals surface area contributed by atoms with Crippen molar-refractivity contribution in [2.24, 2.45) is 7.05 Å². The second-order valence-electron chi connectivity index (χ2n) is 6.48. The van der Waals surface area contributed by atoms with Crippen molar-refractivity contribution in [2.45, 2.75) is 18.9 Å². The van der Waals surface area contributed by atoms with Gasteiger partial charge in [-0.3, -0.25) is 9.48 Å². The first-order valence-corrected chi connectivity index (χ1v) is 8.10. The Bertz CT molecular complexity index is 784. The molecule has 0 spiro atoms. The summed E-state index contributed by atoms with van der Waals surface area (Å²) in [5, 5.41) is 13.1. The molecule has 1 fully saturated rings. The van der Waals surface area contributed by atoms with E-state index < -0.39 is 11.6 Å². The molecule has 0 aliphatic carbocycles. The minimum atomic E-state index is -0.974. The number of amides is 1. The second-order valence-corrected chi connectivity index (χ2v) is 6.48. The number of carboxylic acids is 1. The van der Waals surface area contributed by atoms with Gasteiger partial charge in [0.15, 0.2) is 0 Å². The average Bonchev–Trinajstić information content (AvgIpc) is 3.03. The van der Waals surface area contributed by atoms with E-state index in [2.05, 4.69) is 5.10 Å². The number of hydrogen-bond acceptors (Lipinski definition) is 4. The third-order valence-electron chi connectivity index (χ3n) is 4.50. The Kier molecular flexibility index (Phi) is 4.59. The molecule has 2 heterocycles. The molecule has 7 nitrogen and oxygen atoms in total. The lowest BCUT2D eigenvalue weighted by atomic mass is 9.96. The first-order valence-electron chi connectivity index (χ1n) is 8.10.